The monoisotopic (exact) mass is 295 g/mol. The van der Waals surface area contributed by atoms with Crippen LogP contribution in [0.4, 0.5) is 0 Å². The van der Waals surface area contributed by atoms with Gasteiger partial charge in [-0.05, 0) is 29.8 Å². The van der Waals surface area contributed by atoms with Crippen molar-refractivity contribution in [1.82, 2.24) is 15.8 Å². The number of hydrogen-bond acceptors (Lipinski definition) is 3. The lowest BCUT2D eigenvalue weighted by atomic mass is 10.2. The number of pyridine rings is 1. The molecule has 0 spiro atoms. The summed E-state index contributed by atoms with van der Waals surface area (Å²) < 4.78 is 0. The zero-order chi connectivity index (χ0) is 13.7. The summed E-state index contributed by atoms with van der Waals surface area (Å²) in [5, 5.41) is 0.993. The van der Waals surface area contributed by atoms with Crippen LogP contribution in [0, 0.1) is 0 Å². The molecule has 1 heterocycles. The second-order valence-electron chi connectivity index (χ2n) is 3.79. The number of hydrazine groups is 1. The van der Waals surface area contributed by atoms with E-state index >= 15 is 0 Å². The molecule has 0 unspecified atom stereocenters. The molecular weight excluding hydrogens is 285 g/mol. The van der Waals surface area contributed by atoms with Crippen LogP contribution in [0.1, 0.15) is 15.9 Å². The molecule has 0 atom stereocenters. The first-order chi connectivity index (χ1) is 9.16. The lowest BCUT2D eigenvalue weighted by molar-refractivity contribution is 0.0932. The predicted molar refractivity (Wildman–Crippen MR) is 75.0 cm³/mol. The Morgan fingerprint density at radius 3 is 2.53 bits per heavy atom. The van der Waals surface area contributed by atoms with Gasteiger partial charge in [-0.25, -0.2) is 5.43 Å². The zero-order valence-corrected chi connectivity index (χ0v) is 11.4. The van der Waals surface area contributed by atoms with Gasteiger partial charge in [0.15, 0.2) is 0 Å². The molecule has 98 valence electrons. The maximum Gasteiger partial charge on any atom is 0.265 e. The number of halogens is 2. The summed E-state index contributed by atoms with van der Waals surface area (Å²) in [6.45, 7) is 0.452. The standard InChI is InChI=1S/C13H11Cl2N3O/c14-11-2-1-9(7-12(11)15)8-17-18-13(19)10-3-5-16-6-4-10/h1-7,17H,8H2,(H,18,19). The Hall–Kier alpha value is -1.62. The maximum atomic E-state index is 11.7. The van der Waals surface area contributed by atoms with Crippen LogP contribution in [0.3, 0.4) is 0 Å². The van der Waals surface area contributed by atoms with E-state index in [1.54, 1.807) is 36.7 Å². The van der Waals surface area contributed by atoms with Crippen LogP contribution in [-0.4, -0.2) is 10.9 Å². The number of aromatic nitrogens is 1. The molecule has 0 saturated carbocycles. The molecule has 6 heteroatoms. The highest BCUT2D eigenvalue weighted by molar-refractivity contribution is 6.42. The minimum Gasteiger partial charge on any atom is -0.287 e. The molecule has 0 fully saturated rings. The van der Waals surface area contributed by atoms with E-state index in [0.717, 1.165) is 5.56 Å². The summed E-state index contributed by atoms with van der Waals surface area (Å²) in [4.78, 5) is 15.6. The molecule has 0 saturated heterocycles. The van der Waals surface area contributed by atoms with Crippen LogP contribution in [0.5, 0.6) is 0 Å². The van der Waals surface area contributed by atoms with Crippen molar-refractivity contribution in [2.45, 2.75) is 6.54 Å². The van der Waals surface area contributed by atoms with Crippen molar-refractivity contribution in [2.75, 3.05) is 0 Å². The summed E-state index contributed by atoms with van der Waals surface area (Å²) in [5.74, 6) is -0.220. The molecular formula is C13H11Cl2N3O. The number of benzene rings is 1. The van der Waals surface area contributed by atoms with Gasteiger partial charge in [-0.2, -0.15) is 0 Å². The van der Waals surface area contributed by atoms with Gasteiger partial charge in [0.1, 0.15) is 0 Å². The smallest absolute Gasteiger partial charge is 0.265 e. The number of hydrogen-bond donors (Lipinski definition) is 2. The van der Waals surface area contributed by atoms with Gasteiger partial charge in [0, 0.05) is 24.5 Å². The molecule has 1 aromatic heterocycles. The summed E-state index contributed by atoms with van der Waals surface area (Å²) >= 11 is 11.7. The third-order valence-electron chi connectivity index (χ3n) is 2.42. The SMILES string of the molecule is O=C(NNCc1ccc(Cl)c(Cl)c1)c1ccncc1. The van der Waals surface area contributed by atoms with Crippen molar-refractivity contribution < 1.29 is 4.79 Å². The van der Waals surface area contributed by atoms with Gasteiger partial charge in [-0.3, -0.25) is 15.2 Å². The zero-order valence-electron chi connectivity index (χ0n) is 9.86. The largest absolute Gasteiger partial charge is 0.287 e. The van der Waals surface area contributed by atoms with Crippen molar-refractivity contribution >= 4 is 29.1 Å². The molecule has 0 aliphatic heterocycles. The lowest BCUT2D eigenvalue weighted by Gasteiger charge is -2.08. The molecule has 2 N–H and O–H groups in total. The van der Waals surface area contributed by atoms with Gasteiger partial charge >= 0.3 is 0 Å². The number of rotatable bonds is 4. The molecule has 2 aromatic rings. The van der Waals surface area contributed by atoms with Gasteiger partial charge in [0.25, 0.3) is 5.91 Å². The quantitative estimate of drug-likeness (QED) is 0.853. The van der Waals surface area contributed by atoms with Crippen LogP contribution in [0.15, 0.2) is 42.7 Å². The fourth-order valence-corrected chi connectivity index (χ4v) is 1.77. The Morgan fingerprint density at radius 1 is 1.11 bits per heavy atom. The first-order valence-corrected chi connectivity index (χ1v) is 6.29. The number of carbonyl (C=O) groups is 1. The summed E-state index contributed by atoms with van der Waals surface area (Å²) in [7, 11) is 0. The highest BCUT2D eigenvalue weighted by Crippen LogP contribution is 2.22. The lowest BCUT2D eigenvalue weighted by Crippen LogP contribution is -2.36. The van der Waals surface area contributed by atoms with Crippen molar-refractivity contribution in [1.29, 1.82) is 0 Å². The molecule has 0 aliphatic rings. The van der Waals surface area contributed by atoms with E-state index in [0.29, 0.717) is 22.2 Å². The van der Waals surface area contributed by atoms with E-state index in [1.807, 2.05) is 6.07 Å². The number of amides is 1. The summed E-state index contributed by atoms with van der Waals surface area (Å²) in [5.41, 5.74) is 6.87. The van der Waals surface area contributed by atoms with Gasteiger partial charge in [0.05, 0.1) is 10.0 Å². The van der Waals surface area contributed by atoms with Crippen molar-refractivity contribution in [2.24, 2.45) is 0 Å². The second-order valence-corrected chi connectivity index (χ2v) is 4.61. The minimum atomic E-state index is -0.220. The van der Waals surface area contributed by atoms with Crippen LogP contribution in [0.2, 0.25) is 10.0 Å². The molecule has 4 nitrogen and oxygen atoms in total. The van der Waals surface area contributed by atoms with Crippen LogP contribution in [-0.2, 0) is 6.54 Å². The molecule has 1 aromatic carbocycles. The highest BCUT2D eigenvalue weighted by atomic mass is 35.5. The second kappa shape index (κ2) is 6.52. The van der Waals surface area contributed by atoms with Crippen molar-refractivity contribution in [3.8, 4) is 0 Å². The predicted octanol–water partition coefficient (Wildman–Crippen LogP) is 2.82. The van der Waals surface area contributed by atoms with E-state index in [1.165, 1.54) is 0 Å². The fourth-order valence-electron chi connectivity index (χ4n) is 1.45. The van der Waals surface area contributed by atoms with Crippen molar-refractivity contribution in [3.05, 3.63) is 63.9 Å². The highest BCUT2D eigenvalue weighted by Gasteiger charge is 2.04. The van der Waals surface area contributed by atoms with E-state index in [2.05, 4.69) is 15.8 Å². The number of carbonyl (C=O) groups excluding carboxylic acids is 1. The molecule has 1 amide bonds. The molecule has 2 rings (SSSR count). The van der Waals surface area contributed by atoms with Crippen LogP contribution >= 0.6 is 23.2 Å². The fraction of sp³-hybridized carbons (Fsp3) is 0.0769. The Balaban J connectivity index is 1.87. The van der Waals surface area contributed by atoms with E-state index in [-0.39, 0.29) is 5.91 Å². The number of nitrogens with zero attached hydrogens (tertiary/aromatic N) is 1. The summed E-state index contributed by atoms with van der Waals surface area (Å²) in [6, 6.07) is 8.56. The Morgan fingerprint density at radius 2 is 1.84 bits per heavy atom. The molecule has 0 aliphatic carbocycles. The van der Waals surface area contributed by atoms with Crippen LogP contribution in [0.25, 0.3) is 0 Å². The maximum absolute atomic E-state index is 11.7. The Labute approximate surface area is 120 Å². The topological polar surface area (TPSA) is 54.0 Å². The van der Waals surface area contributed by atoms with Crippen molar-refractivity contribution in [3.63, 3.8) is 0 Å². The van der Waals surface area contributed by atoms with E-state index < -0.39 is 0 Å². The first-order valence-electron chi connectivity index (χ1n) is 5.54. The normalized spacial score (nSPS) is 10.2. The third kappa shape index (κ3) is 3.92. The molecule has 19 heavy (non-hydrogen) atoms. The number of nitrogens with one attached hydrogen (secondary N) is 2. The third-order valence-corrected chi connectivity index (χ3v) is 3.16. The van der Waals surface area contributed by atoms with Crippen LogP contribution < -0.4 is 10.9 Å². The Bertz CT molecular complexity index is 575. The van der Waals surface area contributed by atoms with Gasteiger partial charge in [-0.1, -0.05) is 29.3 Å². The average molecular weight is 296 g/mol. The van der Waals surface area contributed by atoms with E-state index in [4.69, 9.17) is 23.2 Å². The molecule has 0 radical (unpaired) electrons. The minimum absolute atomic E-state index is 0.220. The first kappa shape index (κ1) is 13.8. The van der Waals surface area contributed by atoms with Gasteiger partial charge in [-0.15, -0.1) is 0 Å². The van der Waals surface area contributed by atoms with E-state index in [9.17, 15) is 4.79 Å². The summed E-state index contributed by atoms with van der Waals surface area (Å²) in [6.07, 6.45) is 3.13. The molecule has 0 bridgehead atoms. The average Bonchev–Trinajstić information content (AvgIpc) is 2.43. The Kier molecular flexibility index (Phi) is 4.74. The van der Waals surface area contributed by atoms with Gasteiger partial charge in [0.2, 0.25) is 0 Å². The van der Waals surface area contributed by atoms with Gasteiger partial charge < -0.3 is 0 Å².